The third kappa shape index (κ3) is 2.94. The van der Waals surface area contributed by atoms with Crippen LogP contribution >= 0.6 is 0 Å². The van der Waals surface area contributed by atoms with E-state index in [4.69, 9.17) is 0 Å². The topological polar surface area (TPSA) is 36.4 Å². The van der Waals surface area contributed by atoms with E-state index in [1.54, 1.807) is 0 Å². The lowest BCUT2D eigenvalue weighted by molar-refractivity contribution is 0.281. The van der Waals surface area contributed by atoms with Gasteiger partial charge in [0.1, 0.15) is 11.6 Å². The van der Waals surface area contributed by atoms with Gasteiger partial charge >= 0.3 is 0 Å². The molecule has 0 saturated carbocycles. The molecule has 1 aliphatic rings. The van der Waals surface area contributed by atoms with Crippen molar-refractivity contribution in [3.8, 4) is 0 Å². The minimum atomic E-state index is -0.388. The quantitative estimate of drug-likeness (QED) is 0.859. The average Bonchev–Trinajstić information content (AvgIpc) is 2.54. The van der Waals surface area contributed by atoms with Gasteiger partial charge in [0.05, 0.1) is 12.8 Å². The van der Waals surface area contributed by atoms with Crippen molar-refractivity contribution >= 4 is 5.82 Å². The van der Waals surface area contributed by atoms with Gasteiger partial charge in [-0.3, -0.25) is 0 Å². The Hall–Kier alpha value is -1.16. The fourth-order valence-corrected chi connectivity index (χ4v) is 2.35. The maximum Gasteiger partial charge on any atom is 0.142 e. The Morgan fingerprint density at radius 1 is 1.47 bits per heavy atom. The first kappa shape index (κ1) is 12.3. The van der Waals surface area contributed by atoms with Crippen LogP contribution in [0.4, 0.5) is 10.2 Å². The lowest BCUT2D eigenvalue weighted by Gasteiger charge is -2.23. The highest BCUT2D eigenvalue weighted by Gasteiger charge is 2.17. The van der Waals surface area contributed by atoms with Gasteiger partial charge in [0, 0.05) is 18.7 Å². The summed E-state index contributed by atoms with van der Waals surface area (Å²) in [7, 11) is 0. The summed E-state index contributed by atoms with van der Waals surface area (Å²) in [5.41, 5.74) is 0.583. The van der Waals surface area contributed by atoms with Gasteiger partial charge < -0.3 is 10.0 Å². The largest absolute Gasteiger partial charge is 0.392 e. The Kier molecular flexibility index (Phi) is 3.94. The van der Waals surface area contributed by atoms with Gasteiger partial charge in [-0.05, 0) is 31.2 Å². The zero-order valence-corrected chi connectivity index (χ0v) is 10.2. The average molecular weight is 238 g/mol. The van der Waals surface area contributed by atoms with Crippen LogP contribution in [0.3, 0.4) is 0 Å². The number of halogens is 1. The molecule has 1 aliphatic heterocycles. The summed E-state index contributed by atoms with van der Waals surface area (Å²) in [6.45, 7) is 3.98. The maximum absolute atomic E-state index is 13.1. The van der Waals surface area contributed by atoms with E-state index in [0.29, 0.717) is 5.56 Å². The first-order valence-corrected chi connectivity index (χ1v) is 6.21. The van der Waals surface area contributed by atoms with E-state index in [9.17, 15) is 9.50 Å². The predicted octanol–water partition coefficient (Wildman–Crippen LogP) is 2.34. The van der Waals surface area contributed by atoms with Gasteiger partial charge in [0.25, 0.3) is 0 Å². The Morgan fingerprint density at radius 3 is 3.06 bits per heavy atom. The molecule has 4 heteroatoms. The molecule has 0 aliphatic carbocycles. The Morgan fingerprint density at radius 2 is 2.29 bits per heavy atom. The number of aliphatic hydroxyl groups excluding tert-OH is 1. The Labute approximate surface area is 101 Å². The highest BCUT2D eigenvalue weighted by atomic mass is 19.1. The van der Waals surface area contributed by atoms with Gasteiger partial charge in [-0.25, -0.2) is 9.37 Å². The highest BCUT2D eigenvalue weighted by Crippen LogP contribution is 2.24. The van der Waals surface area contributed by atoms with Crippen LogP contribution in [0.1, 0.15) is 31.7 Å². The minimum absolute atomic E-state index is 0.161. The van der Waals surface area contributed by atoms with E-state index in [-0.39, 0.29) is 12.4 Å². The van der Waals surface area contributed by atoms with Crippen molar-refractivity contribution in [2.45, 2.75) is 32.8 Å². The number of nitrogens with zero attached hydrogens (tertiary/aromatic N) is 2. The van der Waals surface area contributed by atoms with Crippen molar-refractivity contribution in [2.75, 3.05) is 18.0 Å². The summed E-state index contributed by atoms with van der Waals surface area (Å²) in [6.07, 6.45) is 4.71. The highest BCUT2D eigenvalue weighted by molar-refractivity contribution is 5.46. The van der Waals surface area contributed by atoms with Gasteiger partial charge in [-0.1, -0.05) is 6.92 Å². The van der Waals surface area contributed by atoms with Crippen molar-refractivity contribution in [3.05, 3.63) is 23.6 Å². The number of aliphatic hydroxyl groups is 1. The molecule has 1 aromatic rings. The lowest BCUT2D eigenvalue weighted by atomic mass is 10.0. The molecule has 0 radical (unpaired) electrons. The molecule has 0 aromatic carbocycles. The van der Waals surface area contributed by atoms with Crippen LogP contribution in [0.2, 0.25) is 0 Å². The zero-order chi connectivity index (χ0) is 12.3. The first-order chi connectivity index (χ1) is 8.20. The molecule has 1 aromatic heterocycles. The molecule has 0 spiro atoms. The molecular formula is C13H19FN2O. The lowest BCUT2D eigenvalue weighted by Crippen LogP contribution is -2.26. The van der Waals surface area contributed by atoms with E-state index in [1.807, 2.05) is 0 Å². The van der Waals surface area contributed by atoms with Crippen molar-refractivity contribution in [1.29, 1.82) is 0 Å². The molecule has 0 bridgehead atoms. The molecule has 2 rings (SSSR count). The van der Waals surface area contributed by atoms with Crippen molar-refractivity contribution in [1.82, 2.24) is 4.98 Å². The third-order valence-corrected chi connectivity index (χ3v) is 3.40. The molecule has 1 N–H and O–H groups in total. The second-order valence-electron chi connectivity index (χ2n) is 4.82. The fourth-order valence-electron chi connectivity index (χ4n) is 2.35. The summed E-state index contributed by atoms with van der Waals surface area (Å²) in [4.78, 5) is 6.29. The van der Waals surface area contributed by atoms with E-state index in [2.05, 4.69) is 16.8 Å². The molecule has 94 valence electrons. The van der Waals surface area contributed by atoms with E-state index in [0.717, 1.165) is 37.7 Å². The number of aromatic nitrogens is 1. The molecule has 1 unspecified atom stereocenters. The number of pyridine rings is 1. The summed E-state index contributed by atoms with van der Waals surface area (Å²) in [5, 5.41) is 9.26. The predicted molar refractivity (Wildman–Crippen MR) is 65.3 cm³/mol. The number of rotatable bonds is 2. The first-order valence-electron chi connectivity index (χ1n) is 6.21. The number of hydrogen-bond donors (Lipinski definition) is 1. The number of anilines is 1. The molecule has 17 heavy (non-hydrogen) atoms. The van der Waals surface area contributed by atoms with Crippen LogP contribution in [0.25, 0.3) is 0 Å². The molecule has 0 amide bonds. The van der Waals surface area contributed by atoms with Gasteiger partial charge in [0.2, 0.25) is 0 Å². The molecule has 2 heterocycles. The standard InChI is InChI=1S/C13H19FN2O/c1-10-3-2-5-16(6-4-10)13-11(9-17)7-12(14)8-15-13/h7-8,10,17H,2-6,9H2,1H3. The molecule has 1 atom stereocenters. The number of hydrogen-bond acceptors (Lipinski definition) is 3. The van der Waals surface area contributed by atoms with E-state index < -0.39 is 0 Å². The van der Waals surface area contributed by atoms with Crippen LogP contribution < -0.4 is 4.90 Å². The SMILES string of the molecule is CC1CCCN(c2ncc(F)cc2CO)CC1. The van der Waals surface area contributed by atoms with Crippen molar-refractivity contribution in [3.63, 3.8) is 0 Å². The molecular weight excluding hydrogens is 219 g/mol. The monoisotopic (exact) mass is 238 g/mol. The Balaban J connectivity index is 2.20. The van der Waals surface area contributed by atoms with Gasteiger partial charge in [0.15, 0.2) is 0 Å². The van der Waals surface area contributed by atoms with Crippen LogP contribution in [0.5, 0.6) is 0 Å². The van der Waals surface area contributed by atoms with Crippen molar-refractivity contribution in [2.24, 2.45) is 5.92 Å². The van der Waals surface area contributed by atoms with Crippen LogP contribution in [0.15, 0.2) is 12.3 Å². The normalized spacial score (nSPS) is 21.4. The summed E-state index contributed by atoms with van der Waals surface area (Å²) < 4.78 is 13.1. The van der Waals surface area contributed by atoms with Crippen molar-refractivity contribution < 1.29 is 9.50 Å². The molecule has 1 fully saturated rings. The molecule has 3 nitrogen and oxygen atoms in total. The van der Waals surface area contributed by atoms with Gasteiger partial charge in [-0.15, -0.1) is 0 Å². The second kappa shape index (κ2) is 5.45. The smallest absolute Gasteiger partial charge is 0.142 e. The van der Waals surface area contributed by atoms with E-state index in [1.165, 1.54) is 18.7 Å². The third-order valence-electron chi connectivity index (χ3n) is 3.40. The minimum Gasteiger partial charge on any atom is -0.392 e. The van der Waals surface area contributed by atoms with E-state index >= 15 is 0 Å². The van der Waals surface area contributed by atoms with Crippen LogP contribution in [0, 0.1) is 11.7 Å². The zero-order valence-electron chi connectivity index (χ0n) is 10.2. The Bertz CT molecular complexity index is 384. The summed E-state index contributed by atoms with van der Waals surface area (Å²) >= 11 is 0. The second-order valence-corrected chi connectivity index (χ2v) is 4.82. The van der Waals surface area contributed by atoms with Crippen LogP contribution in [-0.2, 0) is 6.61 Å². The maximum atomic E-state index is 13.1. The fraction of sp³-hybridized carbons (Fsp3) is 0.615. The van der Waals surface area contributed by atoms with Gasteiger partial charge in [-0.2, -0.15) is 0 Å². The molecule has 1 saturated heterocycles. The van der Waals surface area contributed by atoms with Crippen LogP contribution in [-0.4, -0.2) is 23.2 Å². The summed E-state index contributed by atoms with van der Waals surface area (Å²) in [5.74, 6) is 1.09. The summed E-state index contributed by atoms with van der Waals surface area (Å²) in [6, 6.07) is 1.37.